The summed E-state index contributed by atoms with van der Waals surface area (Å²) in [4.78, 5) is 28.3. The molecule has 5 nitrogen and oxygen atoms in total. The normalized spacial score (nSPS) is 22.0. The van der Waals surface area contributed by atoms with E-state index in [1.807, 2.05) is 0 Å². The highest BCUT2D eigenvalue weighted by Gasteiger charge is 2.31. The maximum atomic E-state index is 12.5. The van der Waals surface area contributed by atoms with E-state index in [-0.39, 0.29) is 17.9 Å². The van der Waals surface area contributed by atoms with Gasteiger partial charge < -0.3 is 14.5 Å². The SMILES string of the molecule is O=C(c1ccccc1Cl)N1CCN(C(=O)[C@H]2CCCO2)CC1. The summed E-state index contributed by atoms with van der Waals surface area (Å²) in [5.41, 5.74) is 0.517. The molecule has 2 saturated heterocycles. The molecule has 2 aliphatic rings. The Morgan fingerprint density at radius 2 is 1.77 bits per heavy atom. The first kappa shape index (κ1) is 15.3. The summed E-state index contributed by atoms with van der Waals surface area (Å²) in [5.74, 6) is -0.0165. The summed E-state index contributed by atoms with van der Waals surface area (Å²) >= 11 is 6.07. The lowest BCUT2D eigenvalue weighted by molar-refractivity contribution is -0.142. The number of carbonyl (C=O) groups is 2. The summed E-state index contributed by atoms with van der Waals surface area (Å²) in [6.07, 6.45) is 1.46. The predicted molar refractivity (Wildman–Crippen MR) is 82.9 cm³/mol. The van der Waals surface area contributed by atoms with Crippen LogP contribution in [0.25, 0.3) is 0 Å². The van der Waals surface area contributed by atoms with Crippen LogP contribution < -0.4 is 0 Å². The van der Waals surface area contributed by atoms with Gasteiger partial charge in [0.2, 0.25) is 0 Å². The molecular formula is C16H19ClN2O3. The first-order valence-electron chi connectivity index (χ1n) is 7.61. The van der Waals surface area contributed by atoms with Crippen LogP contribution in [-0.4, -0.2) is 60.5 Å². The van der Waals surface area contributed by atoms with E-state index in [2.05, 4.69) is 0 Å². The van der Waals surface area contributed by atoms with E-state index in [1.54, 1.807) is 34.1 Å². The molecule has 0 saturated carbocycles. The third kappa shape index (κ3) is 3.10. The highest BCUT2D eigenvalue weighted by Crippen LogP contribution is 2.19. The van der Waals surface area contributed by atoms with Gasteiger partial charge in [0, 0.05) is 32.8 Å². The van der Waals surface area contributed by atoms with Crippen molar-refractivity contribution < 1.29 is 14.3 Å². The van der Waals surface area contributed by atoms with Crippen LogP contribution >= 0.6 is 11.6 Å². The van der Waals surface area contributed by atoms with Crippen LogP contribution in [0.15, 0.2) is 24.3 Å². The number of ether oxygens (including phenoxy) is 1. The largest absolute Gasteiger partial charge is 0.368 e. The van der Waals surface area contributed by atoms with E-state index in [0.717, 1.165) is 12.8 Å². The maximum absolute atomic E-state index is 12.5. The van der Waals surface area contributed by atoms with Gasteiger partial charge in [0.15, 0.2) is 0 Å². The molecule has 6 heteroatoms. The van der Waals surface area contributed by atoms with Gasteiger partial charge in [-0.05, 0) is 25.0 Å². The molecule has 3 rings (SSSR count). The number of nitrogens with zero attached hydrogens (tertiary/aromatic N) is 2. The van der Waals surface area contributed by atoms with Crippen LogP contribution in [0.4, 0.5) is 0 Å². The molecular weight excluding hydrogens is 304 g/mol. The molecule has 0 bridgehead atoms. The van der Waals surface area contributed by atoms with Crippen LogP contribution in [0.2, 0.25) is 5.02 Å². The number of hydrogen-bond donors (Lipinski definition) is 0. The molecule has 2 heterocycles. The second kappa shape index (κ2) is 6.67. The van der Waals surface area contributed by atoms with E-state index in [1.165, 1.54) is 0 Å². The Morgan fingerprint density at radius 3 is 2.41 bits per heavy atom. The highest BCUT2D eigenvalue weighted by atomic mass is 35.5. The number of piperazine rings is 1. The van der Waals surface area contributed by atoms with Gasteiger partial charge >= 0.3 is 0 Å². The van der Waals surface area contributed by atoms with Crippen LogP contribution in [0.3, 0.4) is 0 Å². The lowest BCUT2D eigenvalue weighted by atomic mass is 10.1. The minimum absolute atomic E-state index is 0.0577. The number of amides is 2. The first-order valence-corrected chi connectivity index (χ1v) is 7.99. The van der Waals surface area contributed by atoms with Gasteiger partial charge in [0.25, 0.3) is 11.8 Å². The Hall–Kier alpha value is -1.59. The third-order valence-corrected chi connectivity index (χ3v) is 4.52. The average molecular weight is 323 g/mol. The highest BCUT2D eigenvalue weighted by molar-refractivity contribution is 6.33. The van der Waals surface area contributed by atoms with Crippen molar-refractivity contribution >= 4 is 23.4 Å². The van der Waals surface area contributed by atoms with Crippen molar-refractivity contribution in [1.82, 2.24) is 9.80 Å². The minimum atomic E-state index is -0.286. The van der Waals surface area contributed by atoms with Crippen molar-refractivity contribution in [3.05, 3.63) is 34.9 Å². The van der Waals surface area contributed by atoms with E-state index >= 15 is 0 Å². The lowest BCUT2D eigenvalue weighted by Crippen LogP contribution is -2.52. The fourth-order valence-electron chi connectivity index (χ4n) is 2.91. The van der Waals surface area contributed by atoms with Gasteiger partial charge in [-0.25, -0.2) is 0 Å². The Kier molecular flexibility index (Phi) is 4.64. The Labute approximate surface area is 134 Å². The molecule has 1 aromatic carbocycles. The molecule has 22 heavy (non-hydrogen) atoms. The standard InChI is InChI=1S/C16H19ClN2O3/c17-13-5-2-1-4-12(13)15(20)18-7-9-19(10-8-18)16(21)14-6-3-11-22-14/h1-2,4-5,14H,3,6-11H2/t14-/m1/s1. The van der Waals surface area contributed by atoms with Crippen molar-refractivity contribution in [2.45, 2.75) is 18.9 Å². The average Bonchev–Trinajstić information content (AvgIpc) is 3.09. The zero-order valence-electron chi connectivity index (χ0n) is 12.3. The summed E-state index contributed by atoms with van der Waals surface area (Å²) in [7, 11) is 0. The van der Waals surface area contributed by atoms with Crippen molar-refractivity contribution in [2.24, 2.45) is 0 Å². The Morgan fingerprint density at radius 1 is 1.09 bits per heavy atom. The topological polar surface area (TPSA) is 49.9 Å². The molecule has 2 aliphatic heterocycles. The fraction of sp³-hybridized carbons (Fsp3) is 0.500. The van der Waals surface area contributed by atoms with Crippen LogP contribution in [0, 0.1) is 0 Å². The maximum Gasteiger partial charge on any atom is 0.255 e. The van der Waals surface area contributed by atoms with E-state index in [0.29, 0.717) is 43.4 Å². The summed E-state index contributed by atoms with van der Waals surface area (Å²) in [6.45, 7) is 2.83. The molecule has 0 unspecified atom stereocenters. The number of carbonyl (C=O) groups excluding carboxylic acids is 2. The molecule has 0 aromatic heterocycles. The second-order valence-corrected chi connectivity index (χ2v) is 6.01. The van der Waals surface area contributed by atoms with Gasteiger partial charge in [-0.15, -0.1) is 0 Å². The van der Waals surface area contributed by atoms with Gasteiger partial charge in [-0.3, -0.25) is 9.59 Å². The fourth-order valence-corrected chi connectivity index (χ4v) is 3.13. The van der Waals surface area contributed by atoms with Crippen molar-refractivity contribution in [1.29, 1.82) is 0 Å². The Balaban J connectivity index is 1.58. The summed E-state index contributed by atoms with van der Waals surface area (Å²) < 4.78 is 5.44. The first-order chi connectivity index (χ1) is 10.7. The zero-order chi connectivity index (χ0) is 15.5. The van der Waals surface area contributed by atoms with Gasteiger partial charge in [-0.2, -0.15) is 0 Å². The molecule has 2 fully saturated rings. The molecule has 0 N–H and O–H groups in total. The van der Waals surface area contributed by atoms with E-state index in [9.17, 15) is 9.59 Å². The molecule has 1 aromatic rings. The number of rotatable bonds is 2. The molecule has 0 aliphatic carbocycles. The Bertz CT molecular complexity index is 564. The van der Waals surface area contributed by atoms with E-state index < -0.39 is 0 Å². The smallest absolute Gasteiger partial charge is 0.255 e. The van der Waals surface area contributed by atoms with Crippen LogP contribution in [-0.2, 0) is 9.53 Å². The zero-order valence-corrected chi connectivity index (χ0v) is 13.1. The lowest BCUT2D eigenvalue weighted by Gasteiger charge is -2.35. The van der Waals surface area contributed by atoms with Crippen molar-refractivity contribution in [2.75, 3.05) is 32.8 Å². The number of benzene rings is 1. The van der Waals surface area contributed by atoms with Gasteiger partial charge in [0.1, 0.15) is 6.10 Å². The summed E-state index contributed by atoms with van der Waals surface area (Å²) in [6, 6.07) is 7.05. The van der Waals surface area contributed by atoms with Crippen molar-refractivity contribution in [3.63, 3.8) is 0 Å². The molecule has 0 spiro atoms. The third-order valence-electron chi connectivity index (χ3n) is 4.19. The second-order valence-electron chi connectivity index (χ2n) is 5.60. The predicted octanol–water partition coefficient (Wildman–Crippen LogP) is 1.80. The molecule has 118 valence electrons. The van der Waals surface area contributed by atoms with Gasteiger partial charge in [0.05, 0.1) is 10.6 Å². The number of hydrogen-bond acceptors (Lipinski definition) is 3. The van der Waals surface area contributed by atoms with Crippen molar-refractivity contribution in [3.8, 4) is 0 Å². The minimum Gasteiger partial charge on any atom is -0.368 e. The summed E-state index contributed by atoms with van der Waals surface area (Å²) in [5, 5.41) is 0.463. The molecule has 0 radical (unpaired) electrons. The number of halogens is 1. The van der Waals surface area contributed by atoms with E-state index in [4.69, 9.17) is 16.3 Å². The monoisotopic (exact) mass is 322 g/mol. The molecule has 1 atom stereocenters. The molecule has 2 amide bonds. The van der Waals surface area contributed by atoms with Crippen LogP contribution in [0.1, 0.15) is 23.2 Å². The van der Waals surface area contributed by atoms with Crippen LogP contribution in [0.5, 0.6) is 0 Å². The van der Waals surface area contributed by atoms with Gasteiger partial charge in [-0.1, -0.05) is 23.7 Å². The quantitative estimate of drug-likeness (QED) is 0.834.